The predicted molar refractivity (Wildman–Crippen MR) is 111 cm³/mol. The Balaban J connectivity index is 1.49. The van der Waals surface area contributed by atoms with Gasteiger partial charge in [-0.05, 0) is 70.2 Å². The fourth-order valence-corrected chi connectivity index (χ4v) is 3.78. The first-order valence-electron chi connectivity index (χ1n) is 9.96. The van der Waals surface area contributed by atoms with Gasteiger partial charge in [0.15, 0.2) is 0 Å². The van der Waals surface area contributed by atoms with Crippen molar-refractivity contribution in [3.05, 3.63) is 29.4 Å². The highest BCUT2D eigenvalue weighted by Gasteiger charge is 2.37. The lowest BCUT2D eigenvalue weighted by Crippen LogP contribution is -2.45. The number of carbonyl (C=O) groups excluding carboxylic acids is 1. The first kappa shape index (κ1) is 19.2. The summed E-state index contributed by atoms with van der Waals surface area (Å²) >= 11 is 5.96. The van der Waals surface area contributed by atoms with Gasteiger partial charge in [0.25, 0.3) is 0 Å². The van der Waals surface area contributed by atoms with Gasteiger partial charge < -0.3 is 14.5 Å². The lowest BCUT2D eigenvalue weighted by Gasteiger charge is -2.32. The number of fused-ring (bicyclic) bond motifs is 1. The molecule has 28 heavy (non-hydrogen) atoms. The number of halogens is 1. The van der Waals surface area contributed by atoms with E-state index in [-0.39, 0.29) is 12.1 Å². The fraction of sp³-hybridized carbons (Fsp3) is 0.571. The average molecular weight is 403 g/mol. The van der Waals surface area contributed by atoms with E-state index in [0.717, 1.165) is 42.9 Å². The number of nitrogens with zero attached hydrogens (tertiary/aromatic N) is 4. The fourth-order valence-electron chi connectivity index (χ4n) is 3.63. The summed E-state index contributed by atoms with van der Waals surface area (Å²) in [5.41, 5.74) is 1.13. The van der Waals surface area contributed by atoms with Crippen LogP contribution in [0.1, 0.15) is 40.0 Å². The quantitative estimate of drug-likeness (QED) is 0.704. The minimum absolute atomic E-state index is 0.149. The van der Waals surface area contributed by atoms with E-state index in [4.69, 9.17) is 21.3 Å². The Morgan fingerprint density at radius 1 is 1.18 bits per heavy atom. The lowest BCUT2D eigenvalue weighted by molar-refractivity contribution is 0.0167. The first-order valence-corrected chi connectivity index (χ1v) is 10.3. The number of ether oxygens (including phenoxy) is 1. The lowest BCUT2D eigenvalue weighted by atomic mass is 10.2. The normalized spacial score (nSPS) is 19.9. The van der Waals surface area contributed by atoms with Gasteiger partial charge in [0.1, 0.15) is 16.6 Å². The molecule has 1 saturated carbocycles. The molecule has 1 aliphatic heterocycles. The molecule has 4 rings (SSSR count). The molecule has 1 aliphatic carbocycles. The van der Waals surface area contributed by atoms with Gasteiger partial charge in [0.2, 0.25) is 0 Å². The average Bonchev–Trinajstić information content (AvgIpc) is 3.32. The molecule has 150 valence electrons. The van der Waals surface area contributed by atoms with E-state index in [2.05, 4.69) is 9.88 Å². The topological polar surface area (TPSA) is 58.6 Å². The van der Waals surface area contributed by atoms with Crippen molar-refractivity contribution in [1.29, 1.82) is 0 Å². The maximum Gasteiger partial charge on any atom is 0.410 e. The third-order valence-electron chi connectivity index (χ3n) is 5.20. The van der Waals surface area contributed by atoms with E-state index in [0.29, 0.717) is 11.1 Å². The van der Waals surface area contributed by atoms with Crippen LogP contribution in [0.5, 0.6) is 0 Å². The second-order valence-corrected chi connectivity index (χ2v) is 9.19. The van der Waals surface area contributed by atoms with Crippen molar-refractivity contribution in [3.63, 3.8) is 0 Å². The van der Waals surface area contributed by atoms with Gasteiger partial charge in [-0.2, -0.15) is 0 Å². The van der Waals surface area contributed by atoms with Gasteiger partial charge in [0.05, 0.1) is 17.1 Å². The van der Waals surface area contributed by atoms with E-state index >= 15 is 0 Å². The number of anilines is 1. The molecular formula is C21H27ClN4O2. The highest BCUT2D eigenvalue weighted by atomic mass is 35.5. The molecule has 1 saturated heterocycles. The summed E-state index contributed by atoms with van der Waals surface area (Å²) in [6.45, 7) is 8.18. The highest BCUT2D eigenvalue weighted by molar-refractivity contribution is 6.29. The van der Waals surface area contributed by atoms with Crippen molar-refractivity contribution in [2.45, 2.75) is 51.7 Å². The molecular weight excluding hydrogens is 376 g/mol. The van der Waals surface area contributed by atoms with Crippen molar-refractivity contribution in [1.82, 2.24) is 14.9 Å². The van der Waals surface area contributed by atoms with E-state index in [1.165, 1.54) is 12.8 Å². The third-order valence-corrected chi connectivity index (χ3v) is 5.41. The summed E-state index contributed by atoms with van der Waals surface area (Å²) in [6, 6.07) is 7.73. The van der Waals surface area contributed by atoms with Gasteiger partial charge in [-0.3, -0.25) is 0 Å². The number of hydrogen-bond donors (Lipinski definition) is 0. The summed E-state index contributed by atoms with van der Waals surface area (Å²) in [4.78, 5) is 26.0. The number of aromatic nitrogens is 2. The number of hydrogen-bond acceptors (Lipinski definition) is 5. The first-order chi connectivity index (χ1) is 13.3. The largest absolute Gasteiger partial charge is 0.444 e. The van der Waals surface area contributed by atoms with E-state index in [1.54, 1.807) is 6.07 Å². The molecule has 2 aliphatic rings. The zero-order valence-electron chi connectivity index (χ0n) is 16.7. The molecule has 0 N–H and O–H groups in total. The molecule has 2 aromatic heterocycles. The third kappa shape index (κ3) is 4.49. The Bertz CT molecular complexity index is 878. The summed E-state index contributed by atoms with van der Waals surface area (Å²) in [5.74, 6) is 1.53. The Hall–Kier alpha value is -2.08. The van der Waals surface area contributed by atoms with Crippen LogP contribution in [0.4, 0.5) is 10.6 Å². The summed E-state index contributed by atoms with van der Waals surface area (Å²) in [7, 11) is 0. The van der Waals surface area contributed by atoms with Crippen molar-refractivity contribution in [2.24, 2.45) is 5.92 Å². The van der Waals surface area contributed by atoms with Crippen LogP contribution in [0.3, 0.4) is 0 Å². The molecule has 0 bridgehead atoms. The SMILES string of the molecule is CC(C)(C)OC(=O)N(CC1CC1)C1CCN(c2ccc3nc(Cl)ccc3n2)C1. The molecule has 2 aromatic rings. The monoisotopic (exact) mass is 402 g/mol. The Labute approximate surface area is 170 Å². The number of pyridine rings is 2. The smallest absolute Gasteiger partial charge is 0.410 e. The molecule has 1 amide bonds. The molecule has 0 spiro atoms. The van der Waals surface area contributed by atoms with Crippen LogP contribution in [-0.2, 0) is 4.74 Å². The zero-order chi connectivity index (χ0) is 19.9. The van der Waals surface area contributed by atoms with Gasteiger partial charge in [0, 0.05) is 19.6 Å². The molecule has 0 aromatic carbocycles. The van der Waals surface area contributed by atoms with Crippen LogP contribution in [0.25, 0.3) is 11.0 Å². The summed E-state index contributed by atoms with van der Waals surface area (Å²) in [6.07, 6.45) is 3.14. The second-order valence-electron chi connectivity index (χ2n) is 8.81. The molecule has 2 fully saturated rings. The Morgan fingerprint density at radius 3 is 2.61 bits per heavy atom. The zero-order valence-corrected chi connectivity index (χ0v) is 17.4. The van der Waals surface area contributed by atoms with Crippen LogP contribution in [0.15, 0.2) is 24.3 Å². The van der Waals surface area contributed by atoms with Crippen molar-refractivity contribution < 1.29 is 9.53 Å². The van der Waals surface area contributed by atoms with Crippen molar-refractivity contribution in [2.75, 3.05) is 24.5 Å². The number of rotatable bonds is 4. The van der Waals surface area contributed by atoms with Crippen LogP contribution in [0.2, 0.25) is 5.15 Å². The maximum absolute atomic E-state index is 12.8. The van der Waals surface area contributed by atoms with Crippen LogP contribution < -0.4 is 4.90 Å². The molecule has 6 nitrogen and oxygen atoms in total. The molecule has 1 atom stereocenters. The van der Waals surface area contributed by atoms with E-state index in [1.807, 2.05) is 43.9 Å². The standard InChI is InChI=1S/C21H27ClN4O2/c1-21(2,3)28-20(27)26(12-14-4-5-14)15-10-11-25(13-15)19-9-7-16-17(24-19)6-8-18(22)23-16/h6-9,14-15H,4-5,10-13H2,1-3H3. The van der Waals surface area contributed by atoms with Gasteiger partial charge in [-0.25, -0.2) is 14.8 Å². The minimum Gasteiger partial charge on any atom is -0.444 e. The second kappa shape index (κ2) is 7.39. The molecule has 7 heteroatoms. The molecule has 1 unspecified atom stereocenters. The number of amides is 1. The van der Waals surface area contributed by atoms with Gasteiger partial charge >= 0.3 is 6.09 Å². The Kier molecular flexibility index (Phi) is 5.08. The number of carbonyl (C=O) groups is 1. The van der Waals surface area contributed by atoms with Gasteiger partial charge in [-0.1, -0.05) is 11.6 Å². The summed E-state index contributed by atoms with van der Waals surface area (Å²) in [5, 5.41) is 0.469. The highest BCUT2D eigenvalue weighted by Crippen LogP contribution is 2.33. The van der Waals surface area contributed by atoms with Crippen LogP contribution >= 0.6 is 11.6 Å². The van der Waals surface area contributed by atoms with Crippen LogP contribution in [-0.4, -0.2) is 52.2 Å². The molecule has 3 heterocycles. The van der Waals surface area contributed by atoms with Crippen LogP contribution in [0, 0.1) is 5.92 Å². The predicted octanol–water partition coefficient (Wildman–Crippen LogP) is 4.51. The Morgan fingerprint density at radius 2 is 1.89 bits per heavy atom. The van der Waals surface area contributed by atoms with E-state index in [9.17, 15) is 4.79 Å². The van der Waals surface area contributed by atoms with Crippen molar-refractivity contribution >= 4 is 34.5 Å². The van der Waals surface area contributed by atoms with E-state index < -0.39 is 5.60 Å². The van der Waals surface area contributed by atoms with Crippen molar-refractivity contribution in [3.8, 4) is 0 Å². The minimum atomic E-state index is -0.481. The maximum atomic E-state index is 12.8. The molecule has 0 radical (unpaired) electrons. The summed E-state index contributed by atoms with van der Waals surface area (Å²) < 4.78 is 5.68. The van der Waals surface area contributed by atoms with Gasteiger partial charge in [-0.15, -0.1) is 0 Å².